The van der Waals surface area contributed by atoms with E-state index in [9.17, 15) is 0 Å². The molecule has 0 aromatic carbocycles. The van der Waals surface area contributed by atoms with Crippen LogP contribution in [0.1, 0.15) is 20.3 Å². The van der Waals surface area contributed by atoms with E-state index in [0.29, 0.717) is 6.61 Å². The number of hydrogen-bond donors (Lipinski definition) is 1. The molecule has 0 atom stereocenters. The number of hydrogen-bond acceptors (Lipinski definition) is 3. The number of nitrogens with one attached hydrogen (secondary N) is 1. The lowest BCUT2D eigenvalue weighted by atomic mass is 10.3. The Bertz CT molecular complexity index is 310. The van der Waals surface area contributed by atoms with Crippen LogP contribution in [0.25, 0.3) is 0 Å². The molecule has 1 aromatic rings. The summed E-state index contributed by atoms with van der Waals surface area (Å²) in [4.78, 5) is 4.23. The smallest absolute Gasteiger partial charge is 0.168 e. The zero-order valence-electron chi connectivity index (χ0n) is 9.36. The standard InChI is InChI=1S/C12H18N2O/c1-3-5-6-9-13-12-11(15-4-2)8-7-10-14-12/h3,5,7-8,10H,4,6,9H2,1-2H3,(H,13,14)/b5-3+. The molecule has 0 spiro atoms. The minimum atomic E-state index is 0.662. The summed E-state index contributed by atoms with van der Waals surface area (Å²) in [5.74, 6) is 1.64. The van der Waals surface area contributed by atoms with E-state index >= 15 is 0 Å². The average molecular weight is 206 g/mol. The third-order valence-electron chi connectivity index (χ3n) is 1.91. The summed E-state index contributed by atoms with van der Waals surface area (Å²) in [6, 6.07) is 3.80. The van der Waals surface area contributed by atoms with Gasteiger partial charge in [-0.05, 0) is 32.4 Å². The van der Waals surface area contributed by atoms with Gasteiger partial charge in [0.15, 0.2) is 11.6 Å². The maximum Gasteiger partial charge on any atom is 0.168 e. The van der Waals surface area contributed by atoms with Crippen LogP contribution in [0.4, 0.5) is 5.82 Å². The van der Waals surface area contributed by atoms with Crippen molar-refractivity contribution in [2.75, 3.05) is 18.5 Å². The summed E-state index contributed by atoms with van der Waals surface area (Å²) in [7, 11) is 0. The lowest BCUT2D eigenvalue weighted by molar-refractivity contribution is 0.340. The van der Waals surface area contributed by atoms with Gasteiger partial charge < -0.3 is 10.1 Å². The van der Waals surface area contributed by atoms with Crippen LogP contribution in [0.15, 0.2) is 30.5 Å². The second-order valence-electron chi connectivity index (χ2n) is 3.07. The number of rotatable bonds is 6. The SMILES string of the molecule is C/C=C/CCNc1ncccc1OCC. The molecule has 3 heteroatoms. The van der Waals surface area contributed by atoms with E-state index in [-0.39, 0.29) is 0 Å². The minimum Gasteiger partial charge on any atom is -0.490 e. The van der Waals surface area contributed by atoms with Crippen molar-refractivity contribution in [3.63, 3.8) is 0 Å². The summed E-state index contributed by atoms with van der Waals surface area (Å²) in [5, 5.41) is 3.25. The maximum atomic E-state index is 5.45. The summed E-state index contributed by atoms with van der Waals surface area (Å²) in [5.41, 5.74) is 0. The van der Waals surface area contributed by atoms with Crippen LogP contribution >= 0.6 is 0 Å². The molecule has 1 heterocycles. The molecule has 0 aliphatic rings. The molecule has 1 aromatic heterocycles. The molecule has 1 rings (SSSR count). The van der Waals surface area contributed by atoms with Crippen molar-refractivity contribution < 1.29 is 4.74 Å². The molecule has 15 heavy (non-hydrogen) atoms. The van der Waals surface area contributed by atoms with Crippen molar-refractivity contribution in [1.29, 1.82) is 0 Å². The highest BCUT2D eigenvalue weighted by Crippen LogP contribution is 2.20. The monoisotopic (exact) mass is 206 g/mol. The van der Waals surface area contributed by atoms with Crippen LogP contribution in [-0.2, 0) is 0 Å². The first kappa shape index (κ1) is 11.6. The Balaban J connectivity index is 2.51. The molecule has 0 saturated heterocycles. The summed E-state index contributed by atoms with van der Waals surface area (Å²) in [6.07, 6.45) is 6.93. The Labute approximate surface area is 91.2 Å². The van der Waals surface area contributed by atoms with Gasteiger partial charge in [0.05, 0.1) is 6.61 Å². The molecule has 0 aliphatic carbocycles. The third kappa shape index (κ3) is 4.02. The first-order valence-electron chi connectivity index (χ1n) is 5.31. The number of nitrogens with zero attached hydrogens (tertiary/aromatic N) is 1. The largest absolute Gasteiger partial charge is 0.490 e. The normalized spacial score (nSPS) is 10.5. The lowest BCUT2D eigenvalue weighted by Crippen LogP contribution is -2.05. The molecule has 0 radical (unpaired) electrons. The van der Waals surface area contributed by atoms with E-state index < -0.39 is 0 Å². The third-order valence-corrected chi connectivity index (χ3v) is 1.91. The highest BCUT2D eigenvalue weighted by atomic mass is 16.5. The van der Waals surface area contributed by atoms with Crippen LogP contribution < -0.4 is 10.1 Å². The van der Waals surface area contributed by atoms with Crippen LogP contribution in [-0.4, -0.2) is 18.1 Å². The van der Waals surface area contributed by atoms with E-state index in [1.165, 1.54) is 0 Å². The van der Waals surface area contributed by atoms with E-state index in [0.717, 1.165) is 24.5 Å². The highest BCUT2D eigenvalue weighted by Gasteiger charge is 2.01. The number of anilines is 1. The van der Waals surface area contributed by atoms with Gasteiger partial charge in [0.25, 0.3) is 0 Å². The van der Waals surface area contributed by atoms with E-state index in [1.807, 2.05) is 32.1 Å². The highest BCUT2D eigenvalue weighted by molar-refractivity contribution is 5.49. The van der Waals surface area contributed by atoms with E-state index in [2.05, 4.69) is 16.4 Å². The van der Waals surface area contributed by atoms with Gasteiger partial charge in [-0.1, -0.05) is 12.2 Å². The Morgan fingerprint density at radius 1 is 1.53 bits per heavy atom. The quantitative estimate of drug-likeness (QED) is 0.574. The molecular weight excluding hydrogens is 188 g/mol. The second kappa shape index (κ2) is 6.87. The average Bonchev–Trinajstić information content (AvgIpc) is 2.27. The van der Waals surface area contributed by atoms with Crippen LogP contribution in [0.2, 0.25) is 0 Å². The second-order valence-corrected chi connectivity index (χ2v) is 3.07. The predicted octanol–water partition coefficient (Wildman–Crippen LogP) is 2.86. The Kier molecular flexibility index (Phi) is 5.30. The lowest BCUT2D eigenvalue weighted by Gasteiger charge is -2.09. The first-order chi connectivity index (χ1) is 7.38. The maximum absolute atomic E-state index is 5.45. The zero-order valence-corrected chi connectivity index (χ0v) is 9.36. The van der Waals surface area contributed by atoms with Crippen LogP contribution in [0.5, 0.6) is 5.75 Å². The van der Waals surface area contributed by atoms with Crippen molar-refractivity contribution in [3.8, 4) is 5.75 Å². The van der Waals surface area contributed by atoms with Gasteiger partial charge in [-0.25, -0.2) is 4.98 Å². The predicted molar refractivity (Wildman–Crippen MR) is 63.3 cm³/mol. The number of pyridine rings is 1. The number of ether oxygens (including phenoxy) is 1. The van der Waals surface area contributed by atoms with Gasteiger partial charge in [-0.3, -0.25) is 0 Å². The Hall–Kier alpha value is -1.51. The first-order valence-corrected chi connectivity index (χ1v) is 5.31. The fourth-order valence-corrected chi connectivity index (χ4v) is 1.24. The molecule has 0 fully saturated rings. The summed E-state index contributed by atoms with van der Waals surface area (Å²) in [6.45, 7) is 5.53. The molecular formula is C12H18N2O. The van der Waals surface area contributed by atoms with Gasteiger partial charge in [0, 0.05) is 12.7 Å². The molecule has 3 nitrogen and oxygen atoms in total. The topological polar surface area (TPSA) is 34.2 Å². The molecule has 0 saturated carbocycles. The summed E-state index contributed by atoms with van der Waals surface area (Å²) < 4.78 is 5.45. The summed E-state index contributed by atoms with van der Waals surface area (Å²) >= 11 is 0. The fraction of sp³-hybridized carbons (Fsp3) is 0.417. The molecule has 0 aliphatic heterocycles. The van der Waals surface area contributed by atoms with Crippen molar-refractivity contribution >= 4 is 5.82 Å². The number of aromatic nitrogens is 1. The molecule has 82 valence electrons. The van der Waals surface area contributed by atoms with Crippen molar-refractivity contribution in [3.05, 3.63) is 30.5 Å². The van der Waals surface area contributed by atoms with Crippen molar-refractivity contribution in [2.45, 2.75) is 20.3 Å². The molecule has 1 N–H and O–H groups in total. The molecule has 0 bridgehead atoms. The molecule has 0 amide bonds. The van der Waals surface area contributed by atoms with Crippen molar-refractivity contribution in [1.82, 2.24) is 4.98 Å². The molecule has 0 unspecified atom stereocenters. The van der Waals surface area contributed by atoms with Crippen molar-refractivity contribution in [2.24, 2.45) is 0 Å². The van der Waals surface area contributed by atoms with E-state index in [4.69, 9.17) is 4.74 Å². The van der Waals surface area contributed by atoms with Gasteiger partial charge in [-0.15, -0.1) is 0 Å². The van der Waals surface area contributed by atoms with Crippen LogP contribution in [0.3, 0.4) is 0 Å². The van der Waals surface area contributed by atoms with Gasteiger partial charge in [-0.2, -0.15) is 0 Å². The fourth-order valence-electron chi connectivity index (χ4n) is 1.24. The van der Waals surface area contributed by atoms with Gasteiger partial charge >= 0.3 is 0 Å². The Morgan fingerprint density at radius 2 is 2.40 bits per heavy atom. The van der Waals surface area contributed by atoms with E-state index in [1.54, 1.807) is 6.20 Å². The van der Waals surface area contributed by atoms with Gasteiger partial charge in [0.1, 0.15) is 0 Å². The zero-order chi connectivity index (χ0) is 10.9. The number of allylic oxidation sites excluding steroid dienone is 1. The van der Waals surface area contributed by atoms with Crippen LogP contribution in [0, 0.1) is 0 Å². The minimum absolute atomic E-state index is 0.662. The van der Waals surface area contributed by atoms with Gasteiger partial charge in [0.2, 0.25) is 0 Å². The Morgan fingerprint density at radius 3 is 3.13 bits per heavy atom.